The van der Waals surface area contributed by atoms with Crippen LogP contribution in [-0.2, 0) is 6.61 Å². The molecule has 2 nitrogen and oxygen atoms in total. The molecule has 0 amide bonds. The first kappa shape index (κ1) is 17.1. The van der Waals surface area contributed by atoms with E-state index < -0.39 is 5.82 Å². The Morgan fingerprint density at radius 3 is 2.74 bits per heavy atom. The molecule has 0 saturated carbocycles. The van der Waals surface area contributed by atoms with Crippen LogP contribution in [0.5, 0.6) is 5.75 Å². The van der Waals surface area contributed by atoms with E-state index >= 15 is 0 Å². The molecule has 1 aliphatic rings. The van der Waals surface area contributed by atoms with Crippen LogP contribution in [0.4, 0.5) is 4.39 Å². The van der Waals surface area contributed by atoms with Gasteiger partial charge in [0.05, 0.1) is 19.6 Å². The molecule has 1 heterocycles. The van der Waals surface area contributed by atoms with E-state index in [1.54, 1.807) is 23.9 Å². The zero-order chi connectivity index (χ0) is 16.4. The smallest absolute Gasteiger partial charge is 0.152 e. The van der Waals surface area contributed by atoms with Crippen LogP contribution in [0.2, 0.25) is 10.0 Å². The highest BCUT2D eigenvalue weighted by atomic mass is 79.9. The molecule has 0 bridgehead atoms. The lowest BCUT2D eigenvalue weighted by molar-refractivity contribution is 0.298. The summed E-state index contributed by atoms with van der Waals surface area (Å²) in [6.45, 7) is 0.818. The van der Waals surface area contributed by atoms with E-state index in [1.165, 1.54) is 6.07 Å². The van der Waals surface area contributed by atoms with Gasteiger partial charge in [0.1, 0.15) is 12.4 Å². The molecular weight excluding hydrogens is 424 g/mol. The number of benzene rings is 2. The Labute approximate surface area is 156 Å². The number of hydrogen-bond donors (Lipinski definition) is 0. The van der Waals surface area contributed by atoms with Crippen molar-refractivity contribution in [3.63, 3.8) is 0 Å². The summed E-state index contributed by atoms with van der Waals surface area (Å²) in [5, 5.41) is 1.74. The van der Waals surface area contributed by atoms with Crippen LogP contribution in [0.3, 0.4) is 0 Å². The van der Waals surface area contributed by atoms with Crippen LogP contribution in [-0.4, -0.2) is 17.3 Å². The highest BCUT2D eigenvalue weighted by Gasteiger charge is 2.16. The molecule has 0 fully saturated rings. The Morgan fingerprint density at radius 1 is 1.26 bits per heavy atom. The summed E-state index contributed by atoms with van der Waals surface area (Å²) in [7, 11) is 0. The van der Waals surface area contributed by atoms with E-state index in [0.717, 1.165) is 22.9 Å². The van der Waals surface area contributed by atoms with Crippen LogP contribution in [0.25, 0.3) is 0 Å². The molecule has 0 atom stereocenters. The van der Waals surface area contributed by atoms with Gasteiger partial charge in [-0.15, -0.1) is 11.8 Å². The van der Waals surface area contributed by atoms with Crippen LogP contribution < -0.4 is 4.74 Å². The molecule has 0 N–H and O–H groups in total. The van der Waals surface area contributed by atoms with Crippen molar-refractivity contribution in [2.45, 2.75) is 6.61 Å². The van der Waals surface area contributed by atoms with Gasteiger partial charge in [-0.1, -0.05) is 29.3 Å². The zero-order valence-corrected chi connectivity index (χ0v) is 15.7. The van der Waals surface area contributed by atoms with Crippen molar-refractivity contribution >= 4 is 55.9 Å². The summed E-state index contributed by atoms with van der Waals surface area (Å²) < 4.78 is 20.2. The molecule has 7 heteroatoms. The molecule has 0 radical (unpaired) electrons. The number of ether oxygens (including phenoxy) is 1. The van der Waals surface area contributed by atoms with Crippen molar-refractivity contribution in [3.8, 4) is 5.75 Å². The number of aliphatic imine (C=N–C) groups is 1. The van der Waals surface area contributed by atoms with E-state index in [4.69, 9.17) is 27.9 Å². The summed E-state index contributed by atoms with van der Waals surface area (Å²) in [4.78, 5) is 4.43. The molecule has 3 rings (SSSR count). The standard InChI is InChI=1S/C16H11BrCl2FNOS/c17-11-6-9(16-21-4-5-23-16)7-13(19)15(11)22-8-10-12(18)2-1-3-14(10)20/h1-3,6-7H,4-5,8H2. The first-order valence-electron chi connectivity index (χ1n) is 6.78. The first-order valence-corrected chi connectivity index (χ1v) is 9.32. The monoisotopic (exact) mass is 433 g/mol. The van der Waals surface area contributed by atoms with E-state index in [-0.39, 0.29) is 6.61 Å². The van der Waals surface area contributed by atoms with Gasteiger partial charge in [0.15, 0.2) is 5.75 Å². The minimum absolute atomic E-state index is 0.00112. The van der Waals surface area contributed by atoms with Crippen molar-refractivity contribution in [1.29, 1.82) is 0 Å². The molecule has 2 aromatic rings. The Balaban J connectivity index is 1.83. The maximum Gasteiger partial charge on any atom is 0.152 e. The van der Waals surface area contributed by atoms with Gasteiger partial charge in [-0.25, -0.2) is 4.39 Å². The van der Waals surface area contributed by atoms with Crippen LogP contribution in [0.15, 0.2) is 39.8 Å². The number of thioether (sulfide) groups is 1. The van der Waals surface area contributed by atoms with E-state index in [2.05, 4.69) is 20.9 Å². The highest BCUT2D eigenvalue weighted by Crippen LogP contribution is 2.37. The normalized spacial score (nSPS) is 14.0. The lowest BCUT2D eigenvalue weighted by Crippen LogP contribution is -2.02. The molecule has 0 saturated heterocycles. The molecule has 2 aromatic carbocycles. The van der Waals surface area contributed by atoms with Gasteiger partial charge >= 0.3 is 0 Å². The van der Waals surface area contributed by atoms with Gasteiger partial charge < -0.3 is 4.74 Å². The molecule has 0 spiro atoms. The number of hydrogen-bond acceptors (Lipinski definition) is 3. The topological polar surface area (TPSA) is 21.6 Å². The summed E-state index contributed by atoms with van der Waals surface area (Å²) in [6.07, 6.45) is 0. The second-order valence-electron chi connectivity index (χ2n) is 4.79. The fraction of sp³-hybridized carbons (Fsp3) is 0.188. The quantitative estimate of drug-likeness (QED) is 0.591. The average molecular weight is 435 g/mol. The maximum absolute atomic E-state index is 13.8. The molecule has 0 unspecified atom stereocenters. The third-order valence-corrected chi connectivity index (χ3v) is 5.50. The average Bonchev–Trinajstić information content (AvgIpc) is 3.03. The Morgan fingerprint density at radius 2 is 2.09 bits per heavy atom. The van der Waals surface area contributed by atoms with Crippen molar-refractivity contribution in [1.82, 2.24) is 0 Å². The van der Waals surface area contributed by atoms with Crippen LogP contribution >= 0.6 is 50.9 Å². The highest BCUT2D eigenvalue weighted by molar-refractivity contribution is 9.10. The second kappa shape index (κ2) is 7.43. The molecule has 120 valence electrons. The van der Waals surface area contributed by atoms with Gasteiger partial charge in [0.25, 0.3) is 0 Å². The Kier molecular flexibility index (Phi) is 5.52. The fourth-order valence-corrected chi connectivity index (χ4v) is 4.17. The predicted octanol–water partition coefficient (Wildman–Crippen LogP) is 5.97. The maximum atomic E-state index is 13.8. The molecule has 1 aliphatic heterocycles. The van der Waals surface area contributed by atoms with Gasteiger partial charge in [0.2, 0.25) is 0 Å². The third-order valence-electron chi connectivity index (χ3n) is 3.25. The van der Waals surface area contributed by atoms with Gasteiger partial charge in [-0.3, -0.25) is 4.99 Å². The zero-order valence-electron chi connectivity index (χ0n) is 11.8. The largest absolute Gasteiger partial charge is 0.486 e. The Hall–Kier alpha value is -0.750. The van der Waals surface area contributed by atoms with Gasteiger partial charge in [0, 0.05) is 23.4 Å². The molecule has 23 heavy (non-hydrogen) atoms. The van der Waals surface area contributed by atoms with Crippen molar-refractivity contribution in [2.75, 3.05) is 12.3 Å². The number of rotatable bonds is 4. The molecule has 0 aromatic heterocycles. The first-order chi connectivity index (χ1) is 11.1. The van der Waals surface area contributed by atoms with Crippen LogP contribution in [0, 0.1) is 5.82 Å². The minimum Gasteiger partial charge on any atom is -0.486 e. The summed E-state index contributed by atoms with van der Waals surface area (Å²) in [5.41, 5.74) is 1.25. The second-order valence-corrected chi connectivity index (χ2v) is 7.55. The van der Waals surface area contributed by atoms with Crippen molar-refractivity contribution in [2.24, 2.45) is 4.99 Å². The van der Waals surface area contributed by atoms with E-state index in [1.807, 2.05) is 12.1 Å². The van der Waals surface area contributed by atoms with Gasteiger partial charge in [-0.2, -0.15) is 0 Å². The number of nitrogens with zero attached hydrogens (tertiary/aromatic N) is 1. The lowest BCUT2D eigenvalue weighted by atomic mass is 10.2. The number of halogens is 4. The summed E-state index contributed by atoms with van der Waals surface area (Å²) in [6, 6.07) is 8.24. The summed E-state index contributed by atoms with van der Waals surface area (Å²) in [5.74, 6) is 1.03. The van der Waals surface area contributed by atoms with E-state index in [9.17, 15) is 4.39 Å². The van der Waals surface area contributed by atoms with Crippen molar-refractivity contribution < 1.29 is 9.13 Å². The molecular formula is C16H11BrCl2FNOS. The van der Waals surface area contributed by atoms with Gasteiger partial charge in [-0.05, 0) is 40.2 Å². The third kappa shape index (κ3) is 3.85. The fourth-order valence-electron chi connectivity index (χ4n) is 2.15. The van der Waals surface area contributed by atoms with Crippen LogP contribution in [0.1, 0.15) is 11.1 Å². The minimum atomic E-state index is -0.405. The lowest BCUT2D eigenvalue weighted by Gasteiger charge is -2.13. The summed E-state index contributed by atoms with van der Waals surface area (Å²) >= 11 is 17.5. The SMILES string of the molecule is Fc1cccc(Cl)c1COc1c(Cl)cc(C2=NCCS2)cc1Br. The van der Waals surface area contributed by atoms with E-state index in [0.29, 0.717) is 25.8 Å². The predicted molar refractivity (Wildman–Crippen MR) is 98.8 cm³/mol. The molecule has 0 aliphatic carbocycles. The Bertz CT molecular complexity index is 741. The van der Waals surface area contributed by atoms with Crippen molar-refractivity contribution in [3.05, 3.63) is 61.8 Å².